The molecular weight excluding hydrogens is 204 g/mol. The number of nitrogens with one attached hydrogen (secondary N) is 1. The number of amides is 1. The standard InChI is InChI=1S/C8H16N2O3S/c1-7(11)10-5-3-4-8(6-10)9-14(2,12)13/h8-9H,3-6H2,1-2H3. The fourth-order valence-corrected chi connectivity index (χ4v) is 2.46. The van der Waals surface area contributed by atoms with E-state index in [-0.39, 0.29) is 11.9 Å². The van der Waals surface area contributed by atoms with Crippen LogP contribution < -0.4 is 4.72 Å². The van der Waals surface area contributed by atoms with E-state index < -0.39 is 10.0 Å². The highest BCUT2D eigenvalue weighted by Gasteiger charge is 2.23. The highest BCUT2D eigenvalue weighted by Crippen LogP contribution is 2.10. The largest absolute Gasteiger partial charge is 0.341 e. The van der Waals surface area contributed by atoms with E-state index in [0.717, 1.165) is 25.6 Å². The van der Waals surface area contributed by atoms with Gasteiger partial charge >= 0.3 is 0 Å². The summed E-state index contributed by atoms with van der Waals surface area (Å²) in [5, 5.41) is 0. The van der Waals surface area contributed by atoms with Crippen LogP contribution in [-0.4, -0.2) is 44.6 Å². The maximum absolute atomic E-state index is 11.1. The van der Waals surface area contributed by atoms with Gasteiger partial charge in [-0.25, -0.2) is 13.1 Å². The molecule has 1 rings (SSSR count). The summed E-state index contributed by atoms with van der Waals surface area (Å²) in [5.41, 5.74) is 0. The molecule has 1 heterocycles. The first-order valence-electron chi connectivity index (χ1n) is 4.61. The molecule has 0 aromatic carbocycles. The molecule has 1 amide bonds. The Morgan fingerprint density at radius 2 is 2.14 bits per heavy atom. The molecule has 1 aliphatic heterocycles. The Morgan fingerprint density at radius 3 is 2.64 bits per heavy atom. The lowest BCUT2D eigenvalue weighted by atomic mass is 10.1. The molecule has 0 radical (unpaired) electrons. The minimum absolute atomic E-state index is 0.00463. The molecule has 1 fully saturated rings. The Kier molecular flexibility index (Phi) is 3.49. The highest BCUT2D eigenvalue weighted by atomic mass is 32.2. The van der Waals surface area contributed by atoms with Crippen LogP contribution in [-0.2, 0) is 14.8 Å². The van der Waals surface area contributed by atoms with Gasteiger partial charge in [0.1, 0.15) is 0 Å². The van der Waals surface area contributed by atoms with E-state index >= 15 is 0 Å². The molecule has 0 aliphatic carbocycles. The van der Waals surface area contributed by atoms with Crippen molar-refractivity contribution in [3.8, 4) is 0 Å². The summed E-state index contributed by atoms with van der Waals surface area (Å²) >= 11 is 0. The van der Waals surface area contributed by atoms with Crippen molar-refractivity contribution in [2.45, 2.75) is 25.8 Å². The zero-order valence-corrected chi connectivity index (χ0v) is 9.30. The molecule has 0 aromatic heterocycles. The summed E-state index contributed by atoms with van der Waals surface area (Å²) < 4.78 is 24.4. The van der Waals surface area contributed by atoms with Crippen LogP contribution in [0.15, 0.2) is 0 Å². The van der Waals surface area contributed by atoms with Gasteiger partial charge in [-0.1, -0.05) is 0 Å². The number of nitrogens with zero attached hydrogens (tertiary/aromatic N) is 1. The van der Waals surface area contributed by atoms with Crippen molar-refractivity contribution in [2.24, 2.45) is 0 Å². The van der Waals surface area contributed by atoms with Crippen molar-refractivity contribution in [3.63, 3.8) is 0 Å². The fraction of sp³-hybridized carbons (Fsp3) is 0.875. The Bertz CT molecular complexity index is 313. The average molecular weight is 220 g/mol. The molecule has 5 nitrogen and oxygen atoms in total. The third-order valence-corrected chi connectivity index (χ3v) is 3.01. The van der Waals surface area contributed by atoms with Gasteiger partial charge in [-0.2, -0.15) is 0 Å². The summed E-state index contributed by atoms with van der Waals surface area (Å²) in [5.74, 6) is 0.00463. The molecule has 0 saturated carbocycles. The zero-order chi connectivity index (χ0) is 10.8. The van der Waals surface area contributed by atoms with Gasteiger partial charge in [0.25, 0.3) is 0 Å². The quantitative estimate of drug-likeness (QED) is 0.685. The molecule has 1 saturated heterocycles. The van der Waals surface area contributed by atoms with E-state index in [4.69, 9.17) is 0 Å². The number of rotatable bonds is 2. The molecule has 14 heavy (non-hydrogen) atoms. The van der Waals surface area contributed by atoms with Crippen molar-refractivity contribution in [1.82, 2.24) is 9.62 Å². The molecule has 82 valence electrons. The van der Waals surface area contributed by atoms with E-state index in [1.807, 2.05) is 0 Å². The molecule has 0 spiro atoms. The van der Waals surface area contributed by atoms with E-state index in [1.165, 1.54) is 6.92 Å². The number of sulfonamides is 1. The number of likely N-dealkylation sites (tertiary alicyclic amines) is 1. The maximum atomic E-state index is 11.1. The minimum Gasteiger partial charge on any atom is -0.341 e. The smallest absolute Gasteiger partial charge is 0.219 e. The number of carbonyl (C=O) groups excluding carboxylic acids is 1. The topological polar surface area (TPSA) is 66.5 Å². The third kappa shape index (κ3) is 3.63. The van der Waals surface area contributed by atoms with Crippen LogP contribution >= 0.6 is 0 Å². The zero-order valence-electron chi connectivity index (χ0n) is 8.49. The fourth-order valence-electron chi connectivity index (χ4n) is 1.66. The first-order chi connectivity index (χ1) is 6.38. The first-order valence-corrected chi connectivity index (χ1v) is 6.50. The molecule has 1 aliphatic rings. The molecule has 1 unspecified atom stereocenters. The monoisotopic (exact) mass is 220 g/mol. The van der Waals surface area contributed by atoms with E-state index in [9.17, 15) is 13.2 Å². The minimum atomic E-state index is -3.16. The second-order valence-corrected chi connectivity index (χ2v) is 5.47. The van der Waals surface area contributed by atoms with Crippen LogP contribution in [0, 0.1) is 0 Å². The molecule has 0 aromatic rings. The Labute approximate surface area is 84.5 Å². The first kappa shape index (κ1) is 11.5. The van der Waals surface area contributed by atoms with E-state index in [1.54, 1.807) is 4.90 Å². The van der Waals surface area contributed by atoms with Gasteiger partial charge in [0, 0.05) is 26.1 Å². The Balaban J connectivity index is 2.52. The number of carbonyl (C=O) groups is 1. The van der Waals surface area contributed by atoms with Gasteiger partial charge < -0.3 is 4.90 Å². The van der Waals surface area contributed by atoms with Gasteiger partial charge in [0.2, 0.25) is 15.9 Å². The lowest BCUT2D eigenvalue weighted by Crippen LogP contribution is -2.48. The van der Waals surface area contributed by atoms with Gasteiger partial charge in [-0.15, -0.1) is 0 Å². The van der Waals surface area contributed by atoms with Gasteiger partial charge in [-0.05, 0) is 12.8 Å². The van der Waals surface area contributed by atoms with Crippen molar-refractivity contribution in [2.75, 3.05) is 19.3 Å². The van der Waals surface area contributed by atoms with Crippen LogP contribution in [0.2, 0.25) is 0 Å². The molecule has 6 heteroatoms. The van der Waals surface area contributed by atoms with Crippen molar-refractivity contribution >= 4 is 15.9 Å². The molecule has 0 bridgehead atoms. The van der Waals surface area contributed by atoms with Crippen LogP contribution in [0.5, 0.6) is 0 Å². The predicted octanol–water partition coefficient (Wildman–Crippen LogP) is -0.453. The van der Waals surface area contributed by atoms with E-state index in [0.29, 0.717) is 6.54 Å². The molecule has 1 atom stereocenters. The SMILES string of the molecule is CC(=O)N1CCCC(NS(C)(=O)=O)C1. The second kappa shape index (κ2) is 4.27. The molecular formula is C8H16N2O3S. The summed E-state index contributed by atoms with van der Waals surface area (Å²) in [6.45, 7) is 2.72. The van der Waals surface area contributed by atoms with Crippen molar-refractivity contribution in [3.05, 3.63) is 0 Å². The van der Waals surface area contributed by atoms with Crippen LogP contribution in [0.3, 0.4) is 0 Å². The Morgan fingerprint density at radius 1 is 1.50 bits per heavy atom. The summed E-state index contributed by atoms with van der Waals surface area (Å²) in [6.07, 6.45) is 2.79. The predicted molar refractivity (Wildman–Crippen MR) is 53.3 cm³/mol. The summed E-state index contributed by atoms with van der Waals surface area (Å²) in [7, 11) is -3.16. The van der Waals surface area contributed by atoms with E-state index in [2.05, 4.69) is 4.72 Å². The normalized spacial score (nSPS) is 23.6. The summed E-state index contributed by atoms with van der Waals surface area (Å²) in [4.78, 5) is 12.7. The van der Waals surface area contributed by atoms with Gasteiger partial charge in [-0.3, -0.25) is 4.79 Å². The van der Waals surface area contributed by atoms with Gasteiger partial charge in [0.15, 0.2) is 0 Å². The number of hydrogen-bond donors (Lipinski definition) is 1. The molecule has 1 N–H and O–H groups in total. The van der Waals surface area contributed by atoms with Crippen molar-refractivity contribution in [1.29, 1.82) is 0 Å². The van der Waals surface area contributed by atoms with Crippen LogP contribution in [0.1, 0.15) is 19.8 Å². The highest BCUT2D eigenvalue weighted by molar-refractivity contribution is 7.88. The average Bonchev–Trinajstić information content (AvgIpc) is 2.01. The second-order valence-electron chi connectivity index (χ2n) is 3.69. The lowest BCUT2D eigenvalue weighted by Gasteiger charge is -2.31. The van der Waals surface area contributed by atoms with Crippen LogP contribution in [0.25, 0.3) is 0 Å². The lowest BCUT2D eigenvalue weighted by molar-refractivity contribution is -0.130. The summed E-state index contributed by atoms with van der Waals surface area (Å²) in [6, 6.07) is -0.123. The third-order valence-electron chi connectivity index (χ3n) is 2.25. The number of hydrogen-bond acceptors (Lipinski definition) is 3. The maximum Gasteiger partial charge on any atom is 0.219 e. The Hall–Kier alpha value is -0.620. The van der Waals surface area contributed by atoms with Gasteiger partial charge in [0.05, 0.1) is 6.26 Å². The van der Waals surface area contributed by atoms with Crippen molar-refractivity contribution < 1.29 is 13.2 Å². The number of piperidine rings is 1. The van der Waals surface area contributed by atoms with Crippen LogP contribution in [0.4, 0.5) is 0 Å².